The van der Waals surface area contributed by atoms with Crippen LogP contribution in [-0.4, -0.2) is 8.42 Å². The van der Waals surface area contributed by atoms with E-state index < -0.39 is 38.4 Å². The van der Waals surface area contributed by atoms with Crippen LogP contribution in [0.3, 0.4) is 0 Å². The largest absolute Gasteiger partial charge is 0.399 e. The Labute approximate surface area is 137 Å². The Morgan fingerprint density at radius 3 is 2.42 bits per heavy atom. The highest BCUT2D eigenvalue weighted by atomic mass is 32.2. The number of rotatable bonds is 3. The lowest BCUT2D eigenvalue weighted by Gasteiger charge is -2.26. The molecule has 24 heavy (non-hydrogen) atoms. The van der Waals surface area contributed by atoms with E-state index >= 15 is 0 Å². The molecular formula is C16H15F3N2O2S. The number of hydrogen-bond donors (Lipinski definition) is 2. The monoisotopic (exact) mass is 356 g/mol. The molecule has 0 radical (unpaired) electrons. The molecule has 1 aliphatic carbocycles. The van der Waals surface area contributed by atoms with Crippen molar-refractivity contribution in [2.75, 3.05) is 5.73 Å². The number of hydrogen-bond acceptors (Lipinski definition) is 3. The molecule has 8 heteroatoms. The van der Waals surface area contributed by atoms with Gasteiger partial charge in [-0.2, -0.15) is 0 Å². The van der Waals surface area contributed by atoms with Gasteiger partial charge in [-0.1, -0.05) is 6.07 Å². The summed E-state index contributed by atoms with van der Waals surface area (Å²) in [5.74, 6) is -4.80. The highest BCUT2D eigenvalue weighted by Crippen LogP contribution is 2.32. The maximum atomic E-state index is 13.3. The van der Waals surface area contributed by atoms with E-state index in [4.69, 9.17) is 5.73 Å². The third-order valence-corrected chi connectivity index (χ3v) is 5.50. The molecule has 0 saturated carbocycles. The number of nitrogen functional groups attached to an aromatic ring is 1. The third-order valence-electron chi connectivity index (χ3n) is 4.05. The molecule has 0 fully saturated rings. The number of nitrogens with one attached hydrogen (secondary N) is 1. The van der Waals surface area contributed by atoms with Crippen molar-refractivity contribution in [2.45, 2.75) is 30.2 Å². The SMILES string of the molecule is Nc1ccc2c(c1)CCCC2NS(=O)(=O)c1cc(F)c(F)c(F)c1. The first-order valence-corrected chi connectivity index (χ1v) is 8.81. The lowest BCUT2D eigenvalue weighted by atomic mass is 9.88. The van der Waals surface area contributed by atoms with Crippen LogP contribution in [0, 0.1) is 17.5 Å². The van der Waals surface area contributed by atoms with Gasteiger partial charge in [0.15, 0.2) is 17.5 Å². The van der Waals surface area contributed by atoms with Crippen molar-refractivity contribution in [3.63, 3.8) is 0 Å². The minimum absolute atomic E-state index is 0.466. The first kappa shape index (κ1) is 16.8. The fourth-order valence-corrected chi connectivity index (χ4v) is 4.17. The molecule has 0 amide bonds. The standard InChI is InChI=1S/C16H15F3N2O2S/c17-13-7-11(8-14(18)16(13)19)24(22,23)21-15-3-1-2-9-6-10(20)4-5-12(9)15/h4-8,15,21H,1-3,20H2. The topological polar surface area (TPSA) is 72.2 Å². The summed E-state index contributed by atoms with van der Waals surface area (Å²) in [6.45, 7) is 0. The summed E-state index contributed by atoms with van der Waals surface area (Å²) in [5, 5.41) is 0. The van der Waals surface area contributed by atoms with Gasteiger partial charge in [-0.25, -0.2) is 26.3 Å². The average Bonchev–Trinajstić information content (AvgIpc) is 2.51. The quantitative estimate of drug-likeness (QED) is 0.656. The van der Waals surface area contributed by atoms with Crippen molar-refractivity contribution in [1.82, 2.24) is 4.72 Å². The van der Waals surface area contributed by atoms with Crippen LogP contribution < -0.4 is 10.5 Å². The summed E-state index contributed by atoms with van der Waals surface area (Å²) in [6.07, 6.45) is 2.07. The van der Waals surface area contributed by atoms with Gasteiger partial charge in [0.2, 0.25) is 10.0 Å². The van der Waals surface area contributed by atoms with Crippen LogP contribution >= 0.6 is 0 Å². The molecule has 0 heterocycles. The predicted octanol–water partition coefficient (Wildman–Crippen LogP) is 3.04. The number of nitrogens with two attached hydrogens (primary N) is 1. The fourth-order valence-electron chi connectivity index (χ4n) is 2.90. The summed E-state index contributed by atoms with van der Waals surface area (Å²) in [7, 11) is -4.20. The van der Waals surface area contributed by atoms with E-state index in [1.165, 1.54) is 0 Å². The molecule has 0 bridgehead atoms. The number of aryl methyl sites for hydroxylation is 1. The van der Waals surface area contributed by atoms with E-state index in [1.54, 1.807) is 18.2 Å². The third kappa shape index (κ3) is 3.11. The van der Waals surface area contributed by atoms with Gasteiger partial charge in [0.25, 0.3) is 0 Å². The van der Waals surface area contributed by atoms with Crippen LogP contribution in [0.2, 0.25) is 0 Å². The lowest BCUT2D eigenvalue weighted by molar-refractivity contribution is 0.441. The van der Waals surface area contributed by atoms with Crippen molar-refractivity contribution in [3.8, 4) is 0 Å². The van der Waals surface area contributed by atoms with Crippen molar-refractivity contribution >= 4 is 15.7 Å². The van der Waals surface area contributed by atoms with E-state index in [1.807, 2.05) is 0 Å². The zero-order valence-electron chi connectivity index (χ0n) is 12.5. The predicted molar refractivity (Wildman–Crippen MR) is 83.2 cm³/mol. The molecule has 2 aromatic carbocycles. The van der Waals surface area contributed by atoms with E-state index in [2.05, 4.69) is 4.72 Å². The van der Waals surface area contributed by atoms with Crippen LogP contribution in [0.15, 0.2) is 35.2 Å². The molecule has 3 rings (SSSR count). The molecule has 2 aromatic rings. The lowest BCUT2D eigenvalue weighted by Crippen LogP contribution is -2.31. The van der Waals surface area contributed by atoms with Crippen LogP contribution in [0.4, 0.5) is 18.9 Å². The molecular weight excluding hydrogens is 341 g/mol. The van der Waals surface area contributed by atoms with Gasteiger partial charge in [0, 0.05) is 11.7 Å². The Bertz CT molecular complexity index is 877. The van der Waals surface area contributed by atoms with Crippen LogP contribution in [-0.2, 0) is 16.4 Å². The van der Waals surface area contributed by atoms with Gasteiger partial charge in [-0.15, -0.1) is 0 Å². The zero-order valence-corrected chi connectivity index (χ0v) is 13.3. The van der Waals surface area contributed by atoms with Gasteiger partial charge in [0.1, 0.15) is 0 Å². The first-order valence-electron chi connectivity index (χ1n) is 7.33. The maximum absolute atomic E-state index is 13.3. The second-order valence-electron chi connectivity index (χ2n) is 5.73. The highest BCUT2D eigenvalue weighted by molar-refractivity contribution is 7.89. The maximum Gasteiger partial charge on any atom is 0.241 e. The summed E-state index contributed by atoms with van der Waals surface area (Å²) < 4.78 is 66.9. The van der Waals surface area contributed by atoms with Gasteiger partial charge < -0.3 is 5.73 Å². The minimum atomic E-state index is -4.20. The fraction of sp³-hybridized carbons (Fsp3) is 0.250. The molecule has 0 aliphatic heterocycles. The molecule has 1 unspecified atom stereocenters. The van der Waals surface area contributed by atoms with Crippen molar-refractivity contribution in [3.05, 3.63) is 58.9 Å². The van der Waals surface area contributed by atoms with Gasteiger partial charge in [-0.05, 0) is 54.7 Å². The van der Waals surface area contributed by atoms with E-state index in [9.17, 15) is 21.6 Å². The van der Waals surface area contributed by atoms with Crippen LogP contribution in [0.5, 0.6) is 0 Å². The average molecular weight is 356 g/mol. The Balaban J connectivity index is 1.94. The van der Waals surface area contributed by atoms with Crippen molar-refractivity contribution < 1.29 is 21.6 Å². The Morgan fingerprint density at radius 2 is 1.75 bits per heavy atom. The van der Waals surface area contributed by atoms with Crippen LogP contribution in [0.25, 0.3) is 0 Å². The second kappa shape index (κ2) is 6.10. The smallest absolute Gasteiger partial charge is 0.241 e. The molecule has 128 valence electrons. The van der Waals surface area contributed by atoms with Gasteiger partial charge in [-0.3, -0.25) is 0 Å². The normalized spacial score (nSPS) is 17.5. The molecule has 1 atom stereocenters. The second-order valence-corrected chi connectivity index (χ2v) is 7.44. The molecule has 0 spiro atoms. The highest BCUT2D eigenvalue weighted by Gasteiger charge is 2.27. The molecule has 3 N–H and O–H groups in total. The number of sulfonamides is 1. The van der Waals surface area contributed by atoms with E-state index in [0.717, 1.165) is 24.0 Å². The summed E-state index contributed by atoms with van der Waals surface area (Å²) in [6, 6.07) is 5.59. The van der Waals surface area contributed by atoms with Gasteiger partial charge in [0.05, 0.1) is 4.90 Å². The Hall–Kier alpha value is -2.06. The van der Waals surface area contributed by atoms with E-state index in [0.29, 0.717) is 24.2 Å². The number of fused-ring (bicyclic) bond motifs is 1. The zero-order chi connectivity index (χ0) is 17.5. The van der Waals surface area contributed by atoms with Crippen LogP contribution in [0.1, 0.15) is 30.0 Å². The first-order chi connectivity index (χ1) is 11.3. The molecule has 0 saturated heterocycles. The summed E-state index contributed by atoms with van der Waals surface area (Å²) in [4.78, 5) is -0.651. The number of anilines is 1. The minimum Gasteiger partial charge on any atom is -0.399 e. The summed E-state index contributed by atoms with van der Waals surface area (Å²) >= 11 is 0. The van der Waals surface area contributed by atoms with Crippen molar-refractivity contribution in [1.29, 1.82) is 0 Å². The van der Waals surface area contributed by atoms with E-state index in [-0.39, 0.29) is 0 Å². The molecule has 4 nitrogen and oxygen atoms in total. The van der Waals surface area contributed by atoms with Gasteiger partial charge >= 0.3 is 0 Å². The Morgan fingerprint density at radius 1 is 1.08 bits per heavy atom. The Kier molecular flexibility index (Phi) is 4.27. The molecule has 0 aromatic heterocycles. The number of benzene rings is 2. The summed E-state index contributed by atoms with van der Waals surface area (Å²) in [5.41, 5.74) is 8.03. The van der Waals surface area contributed by atoms with Crippen molar-refractivity contribution in [2.24, 2.45) is 0 Å². The number of halogens is 3. The molecule has 1 aliphatic rings.